The van der Waals surface area contributed by atoms with E-state index in [1.165, 1.54) is 5.56 Å². The highest BCUT2D eigenvalue weighted by Crippen LogP contribution is 2.42. The molecule has 0 N–H and O–H groups in total. The van der Waals surface area contributed by atoms with Gasteiger partial charge in [-0.1, -0.05) is 12.1 Å². The van der Waals surface area contributed by atoms with Gasteiger partial charge in [0, 0.05) is 12.5 Å². The van der Waals surface area contributed by atoms with Crippen LogP contribution in [0.5, 0.6) is 17.2 Å². The van der Waals surface area contributed by atoms with Crippen LogP contribution in [-0.2, 0) is 13.0 Å². The molecule has 2 aliphatic rings. The van der Waals surface area contributed by atoms with Crippen LogP contribution in [0.1, 0.15) is 11.1 Å². The fourth-order valence-electron chi connectivity index (χ4n) is 3.87. The fraction of sp³-hybridized carbons (Fsp3) is 0.250. The van der Waals surface area contributed by atoms with E-state index in [4.69, 9.17) is 25.8 Å². The Labute approximate surface area is 150 Å². The SMILES string of the molecule is COc1c(C)ccc2cc3[n+](c(Cl)c12)CCc1cc2c(cc1-3)OCO2. The lowest BCUT2D eigenvalue weighted by atomic mass is 9.95. The predicted molar refractivity (Wildman–Crippen MR) is 95.7 cm³/mol. The number of hydrogen-bond acceptors (Lipinski definition) is 3. The number of halogens is 1. The summed E-state index contributed by atoms with van der Waals surface area (Å²) >= 11 is 6.83. The molecule has 3 heterocycles. The maximum Gasteiger partial charge on any atom is 0.287 e. The molecule has 0 saturated heterocycles. The van der Waals surface area contributed by atoms with Crippen LogP contribution in [0.3, 0.4) is 0 Å². The van der Waals surface area contributed by atoms with Crippen molar-refractivity contribution in [3.8, 4) is 28.5 Å². The fourth-order valence-corrected chi connectivity index (χ4v) is 4.24. The average Bonchev–Trinajstić information content (AvgIpc) is 3.07. The Bertz CT molecular complexity index is 1050. The largest absolute Gasteiger partial charge is 0.496 e. The van der Waals surface area contributed by atoms with Crippen LogP contribution in [0.15, 0.2) is 30.3 Å². The van der Waals surface area contributed by atoms with Crippen molar-refractivity contribution in [3.63, 3.8) is 0 Å². The first-order valence-corrected chi connectivity index (χ1v) is 8.67. The van der Waals surface area contributed by atoms with Crippen molar-refractivity contribution in [2.75, 3.05) is 13.9 Å². The normalized spacial score (nSPS) is 14.4. The van der Waals surface area contributed by atoms with Gasteiger partial charge in [0.2, 0.25) is 12.5 Å². The van der Waals surface area contributed by atoms with Gasteiger partial charge in [-0.2, -0.15) is 4.57 Å². The summed E-state index contributed by atoms with van der Waals surface area (Å²) in [7, 11) is 1.69. The lowest BCUT2D eigenvalue weighted by Gasteiger charge is -2.18. The van der Waals surface area contributed by atoms with Crippen LogP contribution in [0.25, 0.3) is 22.0 Å². The van der Waals surface area contributed by atoms with E-state index in [9.17, 15) is 0 Å². The summed E-state index contributed by atoms with van der Waals surface area (Å²) in [6.45, 7) is 3.15. The van der Waals surface area contributed by atoms with Crippen LogP contribution in [0.4, 0.5) is 0 Å². The molecule has 0 bridgehead atoms. The van der Waals surface area contributed by atoms with Crippen molar-refractivity contribution >= 4 is 22.4 Å². The van der Waals surface area contributed by atoms with Gasteiger partial charge < -0.3 is 14.2 Å². The third-order valence-corrected chi connectivity index (χ3v) is 5.49. The highest BCUT2D eigenvalue weighted by molar-refractivity contribution is 6.34. The number of nitrogens with zero attached hydrogens (tertiary/aromatic N) is 1. The Morgan fingerprint density at radius 1 is 1.12 bits per heavy atom. The molecule has 0 atom stereocenters. The van der Waals surface area contributed by atoms with E-state index < -0.39 is 0 Å². The van der Waals surface area contributed by atoms with E-state index in [1.807, 2.05) is 6.92 Å². The highest BCUT2D eigenvalue weighted by Gasteiger charge is 2.31. The van der Waals surface area contributed by atoms with E-state index in [1.54, 1.807) is 7.11 Å². The molecule has 0 fully saturated rings. The summed E-state index contributed by atoms with van der Waals surface area (Å²) in [6, 6.07) is 10.5. The van der Waals surface area contributed by atoms with Gasteiger partial charge in [-0.25, -0.2) is 0 Å². The van der Waals surface area contributed by atoms with Crippen LogP contribution in [0.2, 0.25) is 5.15 Å². The van der Waals surface area contributed by atoms with Crippen LogP contribution < -0.4 is 18.8 Å². The molecule has 126 valence electrons. The lowest BCUT2D eigenvalue weighted by molar-refractivity contribution is -0.684. The van der Waals surface area contributed by atoms with Gasteiger partial charge in [0.15, 0.2) is 18.0 Å². The first kappa shape index (κ1) is 14.8. The summed E-state index contributed by atoms with van der Waals surface area (Å²) in [6.07, 6.45) is 0.906. The molecule has 2 aliphatic heterocycles. The second-order valence-electron chi connectivity index (χ2n) is 6.46. The molecule has 3 aromatic rings. The van der Waals surface area contributed by atoms with E-state index in [-0.39, 0.29) is 6.79 Å². The topological polar surface area (TPSA) is 31.6 Å². The minimum absolute atomic E-state index is 0.285. The lowest BCUT2D eigenvalue weighted by Crippen LogP contribution is -2.41. The van der Waals surface area contributed by atoms with Crippen LogP contribution in [0, 0.1) is 6.92 Å². The quantitative estimate of drug-likeness (QED) is 0.488. The predicted octanol–water partition coefficient (Wildman–Crippen LogP) is 4.05. The summed E-state index contributed by atoms with van der Waals surface area (Å²) in [5.74, 6) is 2.47. The Morgan fingerprint density at radius 3 is 2.72 bits per heavy atom. The van der Waals surface area contributed by atoms with Crippen molar-refractivity contribution in [2.24, 2.45) is 0 Å². The van der Waals surface area contributed by atoms with Gasteiger partial charge in [0.1, 0.15) is 11.1 Å². The second-order valence-corrected chi connectivity index (χ2v) is 6.82. The Kier molecular flexibility index (Phi) is 3.13. The van der Waals surface area contributed by atoms with Gasteiger partial charge >= 0.3 is 0 Å². The molecule has 5 rings (SSSR count). The molecule has 0 spiro atoms. The van der Waals surface area contributed by atoms with Gasteiger partial charge in [0.25, 0.3) is 5.15 Å². The van der Waals surface area contributed by atoms with E-state index in [2.05, 4.69) is 34.9 Å². The van der Waals surface area contributed by atoms with Crippen molar-refractivity contribution in [1.82, 2.24) is 0 Å². The number of hydrogen-bond donors (Lipinski definition) is 0. The third-order valence-electron chi connectivity index (χ3n) is 5.10. The molecule has 0 saturated carbocycles. The summed E-state index contributed by atoms with van der Waals surface area (Å²) < 4.78 is 18.9. The zero-order chi connectivity index (χ0) is 17.1. The maximum atomic E-state index is 6.83. The first-order valence-electron chi connectivity index (χ1n) is 8.30. The molecule has 1 aromatic heterocycles. The zero-order valence-electron chi connectivity index (χ0n) is 14.1. The van der Waals surface area contributed by atoms with Gasteiger partial charge in [-0.05, 0) is 47.2 Å². The van der Waals surface area contributed by atoms with Gasteiger partial charge in [-0.15, -0.1) is 0 Å². The van der Waals surface area contributed by atoms with Crippen molar-refractivity contribution in [2.45, 2.75) is 19.9 Å². The number of pyridine rings is 1. The Balaban J connectivity index is 1.82. The summed E-state index contributed by atoms with van der Waals surface area (Å²) in [5, 5.41) is 2.76. The number of ether oxygens (including phenoxy) is 3. The van der Waals surface area contributed by atoms with Gasteiger partial charge in [-0.3, -0.25) is 0 Å². The van der Waals surface area contributed by atoms with E-state index in [0.717, 1.165) is 63.0 Å². The minimum Gasteiger partial charge on any atom is -0.496 e. The maximum absolute atomic E-state index is 6.83. The number of methoxy groups -OCH3 is 1. The number of aryl methyl sites for hydroxylation is 2. The standard InChI is InChI=1S/C20H17ClNO3/c1-11-3-4-13-7-15-14-9-17-16(24-10-25-17)8-12(14)5-6-22(15)20(21)18(13)19(11)23-2/h3-4,7-9H,5-6,10H2,1-2H3/q+1. The Morgan fingerprint density at radius 2 is 1.92 bits per heavy atom. The highest BCUT2D eigenvalue weighted by atomic mass is 35.5. The van der Waals surface area contributed by atoms with Crippen LogP contribution in [-0.4, -0.2) is 13.9 Å². The molecular weight excluding hydrogens is 338 g/mol. The average molecular weight is 355 g/mol. The number of aromatic nitrogens is 1. The van der Waals surface area contributed by atoms with Crippen molar-refractivity contribution in [1.29, 1.82) is 0 Å². The molecule has 25 heavy (non-hydrogen) atoms. The number of benzene rings is 2. The molecule has 0 unspecified atom stereocenters. The van der Waals surface area contributed by atoms with Crippen LogP contribution >= 0.6 is 11.6 Å². The molecule has 4 nitrogen and oxygen atoms in total. The monoisotopic (exact) mass is 354 g/mol. The van der Waals surface area contributed by atoms with Crippen molar-refractivity contribution < 1.29 is 18.8 Å². The molecule has 0 aliphatic carbocycles. The Hall–Kier alpha value is -2.46. The van der Waals surface area contributed by atoms with Crippen molar-refractivity contribution in [3.05, 3.63) is 46.6 Å². The smallest absolute Gasteiger partial charge is 0.287 e. The second kappa shape index (κ2) is 5.27. The molecule has 0 amide bonds. The molecule has 2 aromatic carbocycles. The first-order chi connectivity index (χ1) is 12.2. The summed E-state index contributed by atoms with van der Waals surface area (Å²) in [5.41, 5.74) is 4.59. The molecule has 0 radical (unpaired) electrons. The zero-order valence-corrected chi connectivity index (χ0v) is 14.8. The number of fused-ring (bicyclic) bond motifs is 5. The molecule has 5 heteroatoms. The summed E-state index contributed by atoms with van der Waals surface area (Å²) in [4.78, 5) is 0. The minimum atomic E-state index is 0.285. The third kappa shape index (κ3) is 2.04. The molecular formula is C20H17ClNO3+. The van der Waals surface area contributed by atoms with Gasteiger partial charge in [0.05, 0.1) is 12.7 Å². The van der Waals surface area contributed by atoms with E-state index in [0.29, 0.717) is 0 Å². The van der Waals surface area contributed by atoms with E-state index >= 15 is 0 Å². The number of rotatable bonds is 1.